The van der Waals surface area contributed by atoms with Crippen LogP contribution in [0.5, 0.6) is 0 Å². The van der Waals surface area contributed by atoms with Crippen LogP contribution in [0, 0.1) is 0 Å². The molecular weight excluding hydrogens is 206 g/mol. The molecule has 0 unspecified atom stereocenters. The molecule has 2 rings (SSSR count). The van der Waals surface area contributed by atoms with Gasteiger partial charge in [0.15, 0.2) is 0 Å². The predicted molar refractivity (Wildman–Crippen MR) is 61.1 cm³/mol. The smallest absolute Gasteiger partial charge is 0.265 e. The van der Waals surface area contributed by atoms with E-state index < -0.39 is 12.5 Å². The van der Waals surface area contributed by atoms with Gasteiger partial charge in [-0.3, -0.25) is 4.79 Å². The van der Waals surface area contributed by atoms with Crippen molar-refractivity contribution in [3.63, 3.8) is 0 Å². The molecule has 0 spiro atoms. The van der Waals surface area contributed by atoms with Gasteiger partial charge >= 0.3 is 0 Å². The first-order chi connectivity index (χ1) is 7.81. The average Bonchev–Trinajstić information content (AvgIpc) is 2.73. The Hall–Kier alpha value is -2.14. The largest absolute Gasteiger partial charge is 0.386 e. The van der Waals surface area contributed by atoms with Crippen LogP contribution in [0.25, 0.3) is 10.9 Å². The summed E-state index contributed by atoms with van der Waals surface area (Å²) in [7, 11) is 0. The van der Waals surface area contributed by atoms with Crippen LogP contribution in [0.2, 0.25) is 0 Å². The SMILES string of the molecule is O=C(CO)N/N=C\c1c[nH]c2ccccc12. The second-order valence-electron chi connectivity index (χ2n) is 3.24. The normalized spacial score (nSPS) is 11.1. The highest BCUT2D eigenvalue weighted by Crippen LogP contribution is 2.15. The monoisotopic (exact) mass is 217 g/mol. The summed E-state index contributed by atoms with van der Waals surface area (Å²) in [5.74, 6) is -0.531. The molecule has 0 atom stereocenters. The number of aliphatic hydroxyl groups is 1. The number of aromatic amines is 1. The number of amides is 1. The van der Waals surface area contributed by atoms with Crippen LogP contribution in [0.15, 0.2) is 35.6 Å². The molecule has 5 nitrogen and oxygen atoms in total. The summed E-state index contributed by atoms with van der Waals surface area (Å²) < 4.78 is 0. The fourth-order valence-corrected chi connectivity index (χ4v) is 1.41. The van der Waals surface area contributed by atoms with Crippen molar-refractivity contribution in [2.45, 2.75) is 0 Å². The second kappa shape index (κ2) is 4.59. The van der Waals surface area contributed by atoms with E-state index >= 15 is 0 Å². The average molecular weight is 217 g/mol. The maximum absolute atomic E-state index is 10.7. The van der Waals surface area contributed by atoms with Crippen LogP contribution in [0.1, 0.15) is 5.56 Å². The fraction of sp³-hybridized carbons (Fsp3) is 0.0909. The molecule has 1 heterocycles. The van der Waals surface area contributed by atoms with Gasteiger partial charge in [0.05, 0.1) is 6.21 Å². The molecule has 0 bridgehead atoms. The number of carbonyl (C=O) groups excluding carboxylic acids is 1. The molecule has 3 N–H and O–H groups in total. The van der Waals surface area contributed by atoms with Crippen molar-refractivity contribution < 1.29 is 9.90 Å². The number of rotatable bonds is 3. The topological polar surface area (TPSA) is 77.5 Å². The van der Waals surface area contributed by atoms with Crippen molar-refractivity contribution >= 4 is 23.0 Å². The highest BCUT2D eigenvalue weighted by Gasteiger charge is 1.99. The van der Waals surface area contributed by atoms with Gasteiger partial charge in [-0.25, -0.2) is 5.43 Å². The van der Waals surface area contributed by atoms with Crippen LogP contribution in [0.4, 0.5) is 0 Å². The lowest BCUT2D eigenvalue weighted by molar-refractivity contribution is -0.123. The second-order valence-corrected chi connectivity index (χ2v) is 3.24. The number of H-pyrrole nitrogens is 1. The number of para-hydroxylation sites is 1. The predicted octanol–water partition coefficient (Wildman–Crippen LogP) is 0.610. The van der Waals surface area contributed by atoms with Crippen LogP contribution in [-0.2, 0) is 4.79 Å². The van der Waals surface area contributed by atoms with E-state index in [1.165, 1.54) is 6.21 Å². The van der Waals surface area contributed by atoms with Crippen LogP contribution < -0.4 is 5.43 Å². The quantitative estimate of drug-likeness (QED) is 0.520. The molecule has 82 valence electrons. The van der Waals surface area contributed by atoms with Gasteiger partial charge in [0.25, 0.3) is 5.91 Å². The summed E-state index contributed by atoms with van der Waals surface area (Å²) in [6, 6.07) is 7.78. The summed E-state index contributed by atoms with van der Waals surface area (Å²) in [6.07, 6.45) is 3.34. The number of aliphatic hydroxyl groups excluding tert-OH is 1. The molecular formula is C11H11N3O2. The third kappa shape index (κ3) is 2.09. The van der Waals surface area contributed by atoms with E-state index in [9.17, 15) is 4.79 Å². The van der Waals surface area contributed by atoms with Gasteiger partial charge in [0, 0.05) is 22.7 Å². The zero-order chi connectivity index (χ0) is 11.4. The van der Waals surface area contributed by atoms with Gasteiger partial charge in [-0.2, -0.15) is 5.10 Å². The fourth-order valence-electron chi connectivity index (χ4n) is 1.41. The van der Waals surface area contributed by atoms with Crippen LogP contribution >= 0.6 is 0 Å². The Morgan fingerprint density at radius 2 is 2.31 bits per heavy atom. The first-order valence-corrected chi connectivity index (χ1v) is 4.80. The van der Waals surface area contributed by atoms with Crippen molar-refractivity contribution in [3.05, 3.63) is 36.0 Å². The molecule has 1 aromatic heterocycles. The maximum atomic E-state index is 10.7. The number of benzene rings is 1. The van der Waals surface area contributed by atoms with Gasteiger partial charge in [-0.05, 0) is 6.07 Å². The van der Waals surface area contributed by atoms with E-state index in [1.54, 1.807) is 6.20 Å². The Morgan fingerprint density at radius 1 is 1.50 bits per heavy atom. The minimum atomic E-state index is -0.564. The van der Waals surface area contributed by atoms with E-state index in [0.717, 1.165) is 16.5 Å². The van der Waals surface area contributed by atoms with Crippen molar-refractivity contribution in [3.8, 4) is 0 Å². The molecule has 0 saturated heterocycles. The Kier molecular flexibility index (Phi) is 2.98. The van der Waals surface area contributed by atoms with Crippen LogP contribution in [-0.4, -0.2) is 28.8 Å². The molecule has 2 aromatic rings. The van der Waals surface area contributed by atoms with Crippen molar-refractivity contribution in [2.24, 2.45) is 5.10 Å². The lowest BCUT2D eigenvalue weighted by Crippen LogP contribution is -2.20. The maximum Gasteiger partial charge on any atom is 0.265 e. The standard InChI is InChI=1S/C11H11N3O2/c15-7-11(16)14-13-6-8-5-12-10-4-2-1-3-9(8)10/h1-6,12,15H,7H2,(H,14,16)/b13-6-. The Balaban J connectivity index is 2.18. The van der Waals surface area contributed by atoms with Crippen molar-refractivity contribution in [1.29, 1.82) is 0 Å². The van der Waals surface area contributed by atoms with Gasteiger partial charge in [0.2, 0.25) is 0 Å². The summed E-state index contributed by atoms with van der Waals surface area (Å²) in [5.41, 5.74) is 4.10. The molecule has 0 aliphatic carbocycles. The third-order valence-corrected chi connectivity index (χ3v) is 2.16. The number of fused-ring (bicyclic) bond motifs is 1. The number of hydrazone groups is 1. The number of nitrogens with zero attached hydrogens (tertiary/aromatic N) is 1. The molecule has 1 aromatic carbocycles. The van der Waals surface area contributed by atoms with E-state index in [-0.39, 0.29) is 0 Å². The molecule has 0 radical (unpaired) electrons. The number of hydrogen-bond donors (Lipinski definition) is 3. The third-order valence-electron chi connectivity index (χ3n) is 2.16. The van der Waals surface area contributed by atoms with E-state index in [1.807, 2.05) is 24.3 Å². The number of nitrogens with one attached hydrogen (secondary N) is 2. The molecule has 0 fully saturated rings. The minimum Gasteiger partial charge on any atom is -0.386 e. The van der Waals surface area contributed by atoms with Gasteiger partial charge < -0.3 is 10.1 Å². The summed E-state index contributed by atoms with van der Waals surface area (Å²) in [6.45, 7) is -0.564. The number of aromatic nitrogens is 1. The van der Waals surface area contributed by atoms with Crippen molar-refractivity contribution in [1.82, 2.24) is 10.4 Å². The van der Waals surface area contributed by atoms with E-state index in [0.29, 0.717) is 0 Å². The molecule has 0 aliphatic rings. The summed E-state index contributed by atoms with van der Waals surface area (Å²) >= 11 is 0. The van der Waals surface area contributed by atoms with Crippen LogP contribution in [0.3, 0.4) is 0 Å². The highest BCUT2D eigenvalue weighted by atomic mass is 16.3. The molecule has 1 amide bonds. The minimum absolute atomic E-state index is 0.531. The molecule has 5 heteroatoms. The summed E-state index contributed by atoms with van der Waals surface area (Å²) in [4.78, 5) is 13.8. The van der Waals surface area contributed by atoms with Gasteiger partial charge in [-0.1, -0.05) is 18.2 Å². The number of hydrogen-bond acceptors (Lipinski definition) is 3. The van der Waals surface area contributed by atoms with E-state index in [4.69, 9.17) is 5.11 Å². The Morgan fingerprint density at radius 3 is 3.12 bits per heavy atom. The number of carbonyl (C=O) groups is 1. The zero-order valence-corrected chi connectivity index (χ0v) is 8.47. The lowest BCUT2D eigenvalue weighted by Gasteiger charge is -1.93. The highest BCUT2D eigenvalue weighted by molar-refractivity contribution is 5.99. The van der Waals surface area contributed by atoms with Crippen molar-refractivity contribution in [2.75, 3.05) is 6.61 Å². The first kappa shape index (κ1) is 10.4. The molecule has 0 saturated carbocycles. The summed E-state index contributed by atoms with van der Waals surface area (Å²) in [5, 5.41) is 13.2. The zero-order valence-electron chi connectivity index (χ0n) is 8.47. The van der Waals surface area contributed by atoms with E-state index in [2.05, 4.69) is 15.5 Å². The Labute approximate surface area is 91.8 Å². The van der Waals surface area contributed by atoms with Gasteiger partial charge in [0.1, 0.15) is 6.61 Å². The first-order valence-electron chi connectivity index (χ1n) is 4.80. The Bertz CT molecular complexity index is 531. The molecule has 0 aliphatic heterocycles. The lowest BCUT2D eigenvalue weighted by atomic mass is 10.2. The van der Waals surface area contributed by atoms with Gasteiger partial charge in [-0.15, -0.1) is 0 Å². The molecule has 16 heavy (non-hydrogen) atoms.